The summed E-state index contributed by atoms with van der Waals surface area (Å²) in [4.78, 5) is 22.8. The van der Waals surface area contributed by atoms with Gasteiger partial charge in [-0.25, -0.2) is 4.79 Å². The number of rotatable bonds is 3. The highest BCUT2D eigenvalue weighted by atomic mass is 35.5. The van der Waals surface area contributed by atoms with E-state index in [9.17, 15) is 9.59 Å². The lowest BCUT2D eigenvalue weighted by Gasteiger charge is -2.08. The third-order valence-electron chi connectivity index (χ3n) is 2.24. The lowest BCUT2D eigenvalue weighted by molar-refractivity contribution is 0.0698. The van der Waals surface area contributed by atoms with E-state index < -0.39 is 11.9 Å². The van der Waals surface area contributed by atoms with Crippen molar-refractivity contribution in [3.05, 3.63) is 46.7 Å². The summed E-state index contributed by atoms with van der Waals surface area (Å²) in [5.74, 6) is -1.67. The van der Waals surface area contributed by atoms with Crippen LogP contribution in [0.4, 0.5) is 5.69 Å². The zero-order chi connectivity index (χ0) is 13.1. The maximum absolute atomic E-state index is 11.8. The molecule has 0 aliphatic rings. The Hall–Kier alpha value is -2.34. The molecule has 0 aliphatic heterocycles. The minimum Gasteiger partial charge on any atom is -0.478 e. The van der Waals surface area contributed by atoms with Crippen molar-refractivity contribution in [2.75, 3.05) is 5.32 Å². The van der Waals surface area contributed by atoms with E-state index in [2.05, 4.69) is 15.5 Å². The second-order valence-corrected chi connectivity index (χ2v) is 3.82. The van der Waals surface area contributed by atoms with Gasteiger partial charge < -0.3 is 10.4 Å². The van der Waals surface area contributed by atoms with Crippen LogP contribution in [0.1, 0.15) is 20.7 Å². The topological polar surface area (TPSA) is 95.1 Å². The normalized spacial score (nSPS) is 10.1. The number of aromatic amines is 1. The van der Waals surface area contributed by atoms with Crippen molar-refractivity contribution in [3.8, 4) is 0 Å². The summed E-state index contributed by atoms with van der Waals surface area (Å²) in [6.45, 7) is 0. The monoisotopic (exact) mass is 265 g/mol. The van der Waals surface area contributed by atoms with Crippen LogP contribution >= 0.6 is 11.6 Å². The quantitative estimate of drug-likeness (QED) is 0.791. The molecule has 0 bridgehead atoms. The number of hydrogen-bond donors (Lipinski definition) is 3. The lowest BCUT2D eigenvalue weighted by Crippen LogP contribution is -2.14. The molecule has 92 valence electrons. The number of anilines is 1. The second kappa shape index (κ2) is 4.89. The smallest absolute Gasteiger partial charge is 0.339 e. The molecule has 0 saturated heterocycles. The third-order valence-corrected chi connectivity index (χ3v) is 2.55. The van der Waals surface area contributed by atoms with Gasteiger partial charge in [0.05, 0.1) is 22.5 Å². The van der Waals surface area contributed by atoms with E-state index in [1.54, 1.807) is 6.07 Å². The van der Waals surface area contributed by atoms with Gasteiger partial charge in [-0.15, -0.1) is 0 Å². The highest BCUT2D eigenvalue weighted by molar-refractivity contribution is 6.34. The summed E-state index contributed by atoms with van der Waals surface area (Å²) in [5.41, 5.74) is 0.295. The largest absolute Gasteiger partial charge is 0.478 e. The standard InChI is InChI=1S/C11H8ClN3O3/c12-7-2-1-3-8(9(7)11(17)18)15-10(16)6-4-13-14-5-6/h1-5H,(H,13,14)(H,15,16)(H,17,18). The Labute approximate surface area is 107 Å². The van der Waals surface area contributed by atoms with Crippen molar-refractivity contribution < 1.29 is 14.7 Å². The molecule has 0 spiro atoms. The molecule has 7 heteroatoms. The number of nitrogens with zero attached hydrogens (tertiary/aromatic N) is 1. The minimum atomic E-state index is -1.21. The van der Waals surface area contributed by atoms with Crippen LogP contribution in [0.5, 0.6) is 0 Å². The van der Waals surface area contributed by atoms with E-state index in [-0.39, 0.29) is 16.3 Å². The molecule has 0 aliphatic carbocycles. The van der Waals surface area contributed by atoms with Gasteiger partial charge in [-0.1, -0.05) is 17.7 Å². The molecule has 0 fully saturated rings. The van der Waals surface area contributed by atoms with Crippen molar-refractivity contribution >= 4 is 29.2 Å². The Bertz CT molecular complexity index is 596. The number of benzene rings is 1. The molecule has 3 N–H and O–H groups in total. The minimum absolute atomic E-state index is 0.0625. The first kappa shape index (κ1) is 12.1. The molecule has 2 rings (SSSR count). The van der Waals surface area contributed by atoms with E-state index in [0.717, 1.165) is 0 Å². The summed E-state index contributed by atoms with van der Waals surface area (Å²) >= 11 is 5.78. The summed E-state index contributed by atoms with van der Waals surface area (Å²) < 4.78 is 0. The highest BCUT2D eigenvalue weighted by Gasteiger charge is 2.16. The number of hydrogen-bond acceptors (Lipinski definition) is 3. The number of carbonyl (C=O) groups is 2. The Morgan fingerprint density at radius 2 is 2.17 bits per heavy atom. The summed E-state index contributed by atoms with van der Waals surface area (Å²) in [5, 5.41) is 17.7. The molecule has 18 heavy (non-hydrogen) atoms. The van der Waals surface area contributed by atoms with Crippen molar-refractivity contribution in [3.63, 3.8) is 0 Å². The molecule has 1 aromatic heterocycles. The molecule has 1 amide bonds. The van der Waals surface area contributed by atoms with Crippen molar-refractivity contribution in [2.45, 2.75) is 0 Å². The molecule has 0 radical (unpaired) electrons. The van der Waals surface area contributed by atoms with E-state index in [1.807, 2.05) is 0 Å². The number of halogens is 1. The number of carbonyl (C=O) groups excluding carboxylic acids is 1. The van der Waals surface area contributed by atoms with Crippen LogP contribution in [0.2, 0.25) is 5.02 Å². The number of carboxylic acids is 1. The number of H-pyrrole nitrogens is 1. The van der Waals surface area contributed by atoms with Gasteiger partial charge in [0, 0.05) is 6.20 Å². The maximum Gasteiger partial charge on any atom is 0.339 e. The molecule has 6 nitrogen and oxygen atoms in total. The lowest BCUT2D eigenvalue weighted by atomic mass is 10.1. The van der Waals surface area contributed by atoms with Gasteiger partial charge in [0.1, 0.15) is 5.56 Å². The highest BCUT2D eigenvalue weighted by Crippen LogP contribution is 2.24. The SMILES string of the molecule is O=C(Nc1cccc(Cl)c1C(=O)O)c1cn[nH]c1. The Balaban J connectivity index is 2.32. The number of amides is 1. The predicted octanol–water partition coefficient (Wildman–Crippen LogP) is 2.01. The second-order valence-electron chi connectivity index (χ2n) is 3.41. The van der Waals surface area contributed by atoms with Crippen LogP contribution in [0.3, 0.4) is 0 Å². The Morgan fingerprint density at radius 1 is 1.39 bits per heavy atom. The summed E-state index contributed by atoms with van der Waals surface area (Å²) in [7, 11) is 0. The third kappa shape index (κ3) is 2.33. The Kier molecular flexibility index (Phi) is 3.29. The zero-order valence-corrected chi connectivity index (χ0v) is 9.73. The number of nitrogens with one attached hydrogen (secondary N) is 2. The van der Waals surface area contributed by atoms with Crippen LogP contribution in [-0.4, -0.2) is 27.2 Å². The van der Waals surface area contributed by atoms with E-state index in [4.69, 9.17) is 16.7 Å². The molecule has 0 saturated carbocycles. The van der Waals surface area contributed by atoms with Gasteiger partial charge in [-0.05, 0) is 12.1 Å². The van der Waals surface area contributed by atoms with Crippen molar-refractivity contribution in [2.24, 2.45) is 0 Å². The first-order chi connectivity index (χ1) is 8.59. The molecule has 0 atom stereocenters. The fourth-order valence-corrected chi connectivity index (χ4v) is 1.67. The van der Waals surface area contributed by atoms with Gasteiger partial charge >= 0.3 is 5.97 Å². The molecule has 0 unspecified atom stereocenters. The maximum atomic E-state index is 11.8. The first-order valence-electron chi connectivity index (χ1n) is 4.91. The van der Waals surface area contributed by atoms with E-state index in [1.165, 1.54) is 24.5 Å². The van der Waals surface area contributed by atoms with Crippen LogP contribution in [0.25, 0.3) is 0 Å². The van der Waals surface area contributed by atoms with Crippen LogP contribution < -0.4 is 5.32 Å². The fraction of sp³-hybridized carbons (Fsp3) is 0. The van der Waals surface area contributed by atoms with Crippen molar-refractivity contribution in [1.82, 2.24) is 10.2 Å². The van der Waals surface area contributed by atoms with Gasteiger partial charge in [0.2, 0.25) is 0 Å². The summed E-state index contributed by atoms with van der Waals surface area (Å²) in [6.07, 6.45) is 2.74. The van der Waals surface area contributed by atoms with E-state index >= 15 is 0 Å². The van der Waals surface area contributed by atoms with Crippen LogP contribution in [0, 0.1) is 0 Å². The van der Waals surface area contributed by atoms with Gasteiger partial charge in [-0.2, -0.15) is 5.10 Å². The van der Waals surface area contributed by atoms with E-state index in [0.29, 0.717) is 5.56 Å². The van der Waals surface area contributed by atoms with Gasteiger partial charge in [-0.3, -0.25) is 9.89 Å². The number of carboxylic acid groups (broad SMARTS) is 1. The average molecular weight is 266 g/mol. The predicted molar refractivity (Wildman–Crippen MR) is 65.0 cm³/mol. The average Bonchev–Trinajstić information content (AvgIpc) is 2.81. The Morgan fingerprint density at radius 3 is 2.78 bits per heavy atom. The summed E-state index contributed by atoms with van der Waals surface area (Å²) in [6, 6.07) is 4.46. The molecule has 1 heterocycles. The molecular weight excluding hydrogens is 258 g/mol. The van der Waals surface area contributed by atoms with Crippen LogP contribution in [0.15, 0.2) is 30.6 Å². The zero-order valence-electron chi connectivity index (χ0n) is 8.98. The number of aromatic carboxylic acids is 1. The molecule has 1 aromatic carbocycles. The van der Waals surface area contributed by atoms with Crippen molar-refractivity contribution in [1.29, 1.82) is 0 Å². The van der Waals surface area contributed by atoms with Crippen LogP contribution in [-0.2, 0) is 0 Å². The van der Waals surface area contributed by atoms with Gasteiger partial charge in [0.25, 0.3) is 5.91 Å². The van der Waals surface area contributed by atoms with Gasteiger partial charge in [0.15, 0.2) is 0 Å². The fourth-order valence-electron chi connectivity index (χ4n) is 1.42. The first-order valence-corrected chi connectivity index (χ1v) is 5.29. The molecular formula is C11H8ClN3O3. The molecule has 2 aromatic rings. The number of aromatic nitrogens is 2.